The zero-order valence-corrected chi connectivity index (χ0v) is 7.27. The lowest BCUT2D eigenvalue weighted by molar-refractivity contribution is 0.264. The van der Waals surface area contributed by atoms with Crippen LogP contribution in [-0.4, -0.2) is 11.7 Å². The lowest BCUT2D eigenvalue weighted by Crippen LogP contribution is -2.00. The van der Waals surface area contributed by atoms with Gasteiger partial charge >= 0.3 is 0 Å². The Balaban J connectivity index is 4.36. The molecule has 0 saturated carbocycles. The van der Waals surface area contributed by atoms with Crippen molar-refractivity contribution < 1.29 is 12.0 Å². The van der Waals surface area contributed by atoms with E-state index in [0.717, 1.165) is 12.8 Å². The molecule has 0 aliphatic rings. The minimum absolute atomic E-state index is 0.0487. The largest absolute Gasteiger partial charge is 0.396 e. The smallest absolute Gasteiger partial charge is 0.0431 e. The van der Waals surface area contributed by atoms with Crippen LogP contribution in [0.1, 0.15) is 59.1 Å². The molecule has 0 radical (unpaired) electrons. The van der Waals surface area contributed by atoms with Gasteiger partial charge in [0.05, 0.1) is 0 Å². The highest BCUT2D eigenvalue weighted by Gasteiger charge is 2.04. The van der Waals surface area contributed by atoms with Gasteiger partial charge in [-0.15, -0.1) is 0 Å². The van der Waals surface area contributed by atoms with E-state index in [9.17, 15) is 0 Å². The maximum Gasteiger partial charge on any atom is 0.0431 e. The second-order valence-corrected chi connectivity index (χ2v) is 2.90. The Kier molecular flexibility index (Phi) is 3.56. The molecule has 1 N–H and O–H groups in total. The van der Waals surface area contributed by atoms with Crippen LogP contribution in [0.3, 0.4) is 0 Å². The van der Waals surface area contributed by atoms with Crippen LogP contribution in [0.5, 0.6) is 0 Å². The summed E-state index contributed by atoms with van der Waals surface area (Å²) in [5, 5.41) is 8.74. The predicted octanol–water partition coefficient (Wildman–Crippen LogP) is 2.98. The molecule has 0 aromatic rings. The second kappa shape index (κ2) is 8.06. The van der Waals surface area contributed by atoms with Crippen molar-refractivity contribution in [1.82, 2.24) is 0 Å². The summed E-state index contributed by atoms with van der Waals surface area (Å²) in [7, 11) is 0. The fourth-order valence-electron chi connectivity index (χ4n) is 1.28. The van der Waals surface area contributed by atoms with E-state index >= 15 is 0 Å². The standard InChI is InChI=1S/C10H22O/c1-3-6-10(7-4-2)8-5-9-11/h10-11H,3-9H2,1-2H3/i1D3,3D2/t10-/m0/s1. The van der Waals surface area contributed by atoms with Crippen LogP contribution >= 0.6 is 0 Å². The zero-order valence-electron chi connectivity index (χ0n) is 12.3. The summed E-state index contributed by atoms with van der Waals surface area (Å²) in [6.45, 7) is -0.480. The van der Waals surface area contributed by atoms with Crippen LogP contribution in [0.2, 0.25) is 0 Å². The van der Waals surface area contributed by atoms with Gasteiger partial charge < -0.3 is 5.11 Å². The van der Waals surface area contributed by atoms with E-state index in [2.05, 4.69) is 0 Å². The molecular weight excluding hydrogens is 136 g/mol. The molecule has 0 bridgehead atoms. The van der Waals surface area contributed by atoms with Gasteiger partial charge in [-0.25, -0.2) is 0 Å². The van der Waals surface area contributed by atoms with Crippen LogP contribution in [-0.2, 0) is 0 Å². The van der Waals surface area contributed by atoms with Crippen LogP contribution < -0.4 is 0 Å². The van der Waals surface area contributed by atoms with E-state index < -0.39 is 13.2 Å². The topological polar surface area (TPSA) is 20.2 Å². The van der Waals surface area contributed by atoms with Gasteiger partial charge in [-0.3, -0.25) is 0 Å². The van der Waals surface area contributed by atoms with Gasteiger partial charge in [-0.1, -0.05) is 39.4 Å². The number of rotatable bonds is 7. The van der Waals surface area contributed by atoms with Gasteiger partial charge in [0.1, 0.15) is 0 Å². The summed E-state index contributed by atoms with van der Waals surface area (Å²) in [5.74, 6) is 0.0487. The summed E-state index contributed by atoms with van der Waals surface area (Å²) in [4.78, 5) is 0. The molecule has 0 saturated heterocycles. The Labute approximate surface area is 77.8 Å². The number of hydrogen-bond donors (Lipinski definition) is 1. The van der Waals surface area contributed by atoms with Crippen LogP contribution in [0.15, 0.2) is 0 Å². The molecule has 1 heteroatoms. The van der Waals surface area contributed by atoms with Gasteiger partial charge in [-0.05, 0) is 18.8 Å². The SMILES string of the molecule is [2H]C([2H])([2H])C([2H])([2H])C[C@@H](CCC)CCCO. The van der Waals surface area contributed by atoms with Crippen molar-refractivity contribution in [3.05, 3.63) is 0 Å². The Bertz CT molecular complexity index is 190. The maximum absolute atomic E-state index is 8.74. The molecule has 0 unspecified atom stereocenters. The third kappa shape index (κ3) is 6.36. The highest BCUT2D eigenvalue weighted by atomic mass is 16.2. The lowest BCUT2D eigenvalue weighted by atomic mass is 9.94. The van der Waals surface area contributed by atoms with Crippen molar-refractivity contribution in [3.63, 3.8) is 0 Å². The average molecular weight is 163 g/mol. The van der Waals surface area contributed by atoms with Gasteiger partial charge in [0.2, 0.25) is 0 Å². The molecule has 11 heavy (non-hydrogen) atoms. The summed E-state index contributed by atoms with van der Waals surface area (Å²) in [6, 6.07) is 0. The van der Waals surface area contributed by atoms with Gasteiger partial charge in [0.25, 0.3) is 0 Å². The molecule has 0 rings (SSSR count). The van der Waals surface area contributed by atoms with E-state index in [-0.39, 0.29) is 18.9 Å². The van der Waals surface area contributed by atoms with Crippen molar-refractivity contribution in [2.24, 2.45) is 5.92 Å². The third-order valence-corrected chi connectivity index (χ3v) is 1.86. The Morgan fingerprint density at radius 2 is 2.27 bits per heavy atom. The quantitative estimate of drug-likeness (QED) is 0.612. The molecular formula is C10H22O. The molecule has 0 heterocycles. The van der Waals surface area contributed by atoms with Gasteiger partial charge in [0, 0.05) is 13.5 Å². The number of hydrogen-bond acceptors (Lipinski definition) is 1. The van der Waals surface area contributed by atoms with Gasteiger partial charge in [0.15, 0.2) is 0 Å². The van der Waals surface area contributed by atoms with Crippen molar-refractivity contribution >= 4 is 0 Å². The maximum atomic E-state index is 8.74. The van der Waals surface area contributed by atoms with E-state index in [1.54, 1.807) is 0 Å². The molecule has 0 aromatic heterocycles. The Hall–Kier alpha value is -0.0400. The number of aliphatic hydroxyl groups excluding tert-OH is 1. The fraction of sp³-hybridized carbons (Fsp3) is 1.00. The third-order valence-electron chi connectivity index (χ3n) is 1.86. The van der Waals surface area contributed by atoms with E-state index in [0.29, 0.717) is 12.8 Å². The van der Waals surface area contributed by atoms with Crippen LogP contribution in [0.4, 0.5) is 0 Å². The van der Waals surface area contributed by atoms with E-state index in [4.69, 9.17) is 12.0 Å². The monoisotopic (exact) mass is 163 g/mol. The molecule has 0 amide bonds. The van der Waals surface area contributed by atoms with Crippen molar-refractivity contribution in [2.75, 3.05) is 6.61 Å². The summed E-state index contributed by atoms with van der Waals surface area (Å²) >= 11 is 0. The summed E-state index contributed by atoms with van der Waals surface area (Å²) in [6.07, 6.45) is 0.962. The highest BCUT2D eigenvalue weighted by Crippen LogP contribution is 2.18. The Morgan fingerprint density at radius 3 is 2.82 bits per heavy atom. The molecule has 68 valence electrons. The first-order chi connectivity index (χ1) is 7.24. The molecule has 0 fully saturated rings. The van der Waals surface area contributed by atoms with Gasteiger partial charge in [-0.2, -0.15) is 0 Å². The Morgan fingerprint density at radius 1 is 1.45 bits per heavy atom. The first kappa shape index (κ1) is 4.86. The van der Waals surface area contributed by atoms with E-state index in [1.807, 2.05) is 6.92 Å². The average Bonchev–Trinajstić information content (AvgIpc) is 2.12. The minimum atomic E-state index is -2.56. The summed E-state index contributed by atoms with van der Waals surface area (Å²) < 4.78 is 36.6. The van der Waals surface area contributed by atoms with Crippen molar-refractivity contribution in [3.8, 4) is 0 Å². The summed E-state index contributed by atoms with van der Waals surface area (Å²) in [5.41, 5.74) is 0. The van der Waals surface area contributed by atoms with Crippen molar-refractivity contribution in [1.29, 1.82) is 0 Å². The highest BCUT2D eigenvalue weighted by molar-refractivity contribution is 4.57. The molecule has 1 nitrogen and oxygen atoms in total. The van der Waals surface area contributed by atoms with Crippen LogP contribution in [0, 0.1) is 5.92 Å². The normalized spacial score (nSPS) is 22.5. The van der Waals surface area contributed by atoms with Crippen LogP contribution in [0.25, 0.3) is 0 Å². The first-order valence-corrected chi connectivity index (χ1v) is 4.35. The lowest BCUT2D eigenvalue weighted by Gasteiger charge is -2.13. The molecule has 1 atom stereocenters. The first-order valence-electron chi connectivity index (χ1n) is 6.85. The van der Waals surface area contributed by atoms with E-state index in [1.165, 1.54) is 0 Å². The van der Waals surface area contributed by atoms with Crippen molar-refractivity contribution in [2.45, 2.75) is 52.3 Å². The predicted molar refractivity (Wildman–Crippen MR) is 49.6 cm³/mol. The number of aliphatic hydroxyl groups is 1. The fourth-order valence-corrected chi connectivity index (χ4v) is 1.28. The minimum Gasteiger partial charge on any atom is -0.396 e. The molecule has 0 aromatic carbocycles. The molecule has 0 aliphatic heterocycles. The second-order valence-electron chi connectivity index (χ2n) is 2.90. The molecule has 0 aliphatic carbocycles. The molecule has 0 spiro atoms. The zero-order chi connectivity index (χ0) is 12.8.